The van der Waals surface area contributed by atoms with Crippen molar-refractivity contribution in [2.24, 2.45) is 5.10 Å². The molecule has 0 spiro atoms. The second-order valence-corrected chi connectivity index (χ2v) is 11.1. The summed E-state index contributed by atoms with van der Waals surface area (Å²) < 4.78 is 1.97. The second kappa shape index (κ2) is 12.4. The molecule has 1 amide bonds. The number of hydrogen-bond acceptors (Lipinski definition) is 6. The van der Waals surface area contributed by atoms with Gasteiger partial charge in [-0.25, -0.2) is 5.43 Å². The van der Waals surface area contributed by atoms with Crippen LogP contribution in [-0.4, -0.2) is 31.6 Å². The van der Waals surface area contributed by atoms with E-state index in [1.165, 1.54) is 11.8 Å². The number of rotatable bonds is 9. The predicted molar refractivity (Wildman–Crippen MR) is 164 cm³/mol. The van der Waals surface area contributed by atoms with E-state index in [1.807, 2.05) is 92.1 Å². The number of hydrazone groups is 1. The van der Waals surface area contributed by atoms with Crippen LogP contribution in [0.1, 0.15) is 30.8 Å². The highest BCUT2D eigenvalue weighted by molar-refractivity contribution is 8.00. The normalized spacial score (nSPS) is 12.3. The molecule has 7 nitrogen and oxygen atoms in total. The van der Waals surface area contributed by atoms with Gasteiger partial charge in [0.1, 0.15) is 0 Å². The molecular weight excluding hydrogens is 540 g/mol. The highest BCUT2D eigenvalue weighted by Gasteiger charge is 2.21. The third-order valence-electron chi connectivity index (χ3n) is 6.49. The van der Waals surface area contributed by atoms with Crippen molar-refractivity contribution in [1.82, 2.24) is 20.2 Å². The number of hydrogen-bond donors (Lipinski definition) is 2. The molecule has 0 saturated heterocycles. The van der Waals surface area contributed by atoms with Gasteiger partial charge in [-0.2, -0.15) is 5.10 Å². The largest absolute Gasteiger partial charge is 0.378 e. The third-order valence-corrected chi connectivity index (χ3v) is 7.77. The van der Waals surface area contributed by atoms with Crippen LogP contribution in [0.3, 0.4) is 0 Å². The first-order valence-electron chi connectivity index (χ1n) is 12.9. The van der Waals surface area contributed by atoms with Crippen molar-refractivity contribution in [2.45, 2.75) is 37.7 Å². The van der Waals surface area contributed by atoms with E-state index in [2.05, 4.69) is 50.3 Å². The van der Waals surface area contributed by atoms with Gasteiger partial charge in [-0.15, -0.1) is 10.2 Å². The number of halogens is 1. The van der Waals surface area contributed by atoms with E-state index in [-0.39, 0.29) is 5.91 Å². The summed E-state index contributed by atoms with van der Waals surface area (Å²) in [5, 5.41) is 19.8. The predicted octanol–water partition coefficient (Wildman–Crippen LogP) is 7.02. The molecule has 5 aromatic rings. The Morgan fingerprint density at radius 3 is 2.50 bits per heavy atom. The van der Waals surface area contributed by atoms with Crippen molar-refractivity contribution < 1.29 is 4.79 Å². The lowest BCUT2D eigenvalue weighted by Gasteiger charge is -2.14. The smallest absolute Gasteiger partial charge is 0.253 e. The first-order chi connectivity index (χ1) is 19.4. The van der Waals surface area contributed by atoms with E-state index in [0.29, 0.717) is 16.7 Å². The molecule has 1 heterocycles. The van der Waals surface area contributed by atoms with Crippen LogP contribution < -0.4 is 10.7 Å². The number of amides is 1. The highest BCUT2D eigenvalue weighted by Crippen LogP contribution is 2.27. The van der Waals surface area contributed by atoms with Gasteiger partial charge in [0.25, 0.3) is 5.91 Å². The van der Waals surface area contributed by atoms with Gasteiger partial charge in [-0.1, -0.05) is 78.0 Å². The Bertz CT molecular complexity index is 1680. The first-order valence-corrected chi connectivity index (χ1v) is 14.1. The van der Waals surface area contributed by atoms with Gasteiger partial charge in [-0.3, -0.25) is 9.36 Å². The molecule has 1 aromatic heterocycles. The van der Waals surface area contributed by atoms with Crippen LogP contribution in [0.15, 0.2) is 101 Å². The van der Waals surface area contributed by atoms with E-state index < -0.39 is 5.25 Å². The summed E-state index contributed by atoms with van der Waals surface area (Å²) in [5.41, 5.74) is 7.33. The maximum Gasteiger partial charge on any atom is 0.253 e. The standard InChI is InChI=1S/C31H29ClN6OS/c1-20-17-26(32)15-16-28(20)33-19-29-35-37-31(38(29)27-11-5-4-6-12-27)40-22(3)30(39)36-34-21(2)24-14-13-23-9-7-8-10-25(23)18-24/h4-18,22,33H,19H2,1-3H3,(H,36,39)/t22-/m1/s1. The van der Waals surface area contributed by atoms with Crippen molar-refractivity contribution in [3.63, 3.8) is 0 Å². The lowest BCUT2D eigenvalue weighted by molar-refractivity contribution is -0.120. The minimum atomic E-state index is -0.459. The fourth-order valence-electron chi connectivity index (χ4n) is 4.25. The Hall–Kier alpha value is -4.14. The fourth-order valence-corrected chi connectivity index (χ4v) is 5.35. The Morgan fingerprint density at radius 2 is 1.73 bits per heavy atom. The Morgan fingerprint density at radius 1 is 0.975 bits per heavy atom. The SMILES string of the molecule is CC(=NNC(=O)[C@@H](C)Sc1nnc(CNc2ccc(Cl)cc2C)n1-c1ccccc1)c1ccc2ccccc2c1. The average Bonchev–Trinajstić information content (AvgIpc) is 3.37. The quantitative estimate of drug-likeness (QED) is 0.113. The van der Waals surface area contributed by atoms with Crippen molar-refractivity contribution in [1.29, 1.82) is 0 Å². The van der Waals surface area contributed by atoms with Gasteiger partial charge < -0.3 is 5.32 Å². The van der Waals surface area contributed by atoms with Gasteiger partial charge in [0.15, 0.2) is 11.0 Å². The number of aryl methyl sites for hydroxylation is 1. The monoisotopic (exact) mass is 568 g/mol. The van der Waals surface area contributed by atoms with Crippen LogP contribution in [-0.2, 0) is 11.3 Å². The molecular formula is C31H29ClN6OS. The number of anilines is 1. The number of nitrogens with one attached hydrogen (secondary N) is 2. The third kappa shape index (κ3) is 6.35. The Kier molecular flexibility index (Phi) is 8.48. The molecule has 0 aliphatic heterocycles. The van der Waals surface area contributed by atoms with Crippen molar-refractivity contribution in [2.75, 3.05) is 5.32 Å². The summed E-state index contributed by atoms with van der Waals surface area (Å²) in [6.07, 6.45) is 0. The Labute approximate surface area is 242 Å². The van der Waals surface area contributed by atoms with Crippen molar-refractivity contribution in [3.05, 3.63) is 113 Å². The molecule has 0 radical (unpaired) electrons. The first kappa shape index (κ1) is 27.4. The molecule has 0 aliphatic rings. The van der Waals surface area contributed by atoms with Gasteiger partial charge in [0.05, 0.1) is 17.5 Å². The molecule has 1 atom stereocenters. The second-order valence-electron chi connectivity index (χ2n) is 9.38. The van der Waals surface area contributed by atoms with Crippen LogP contribution in [0.4, 0.5) is 5.69 Å². The summed E-state index contributed by atoms with van der Waals surface area (Å²) in [6.45, 7) is 6.17. The van der Waals surface area contributed by atoms with Crippen LogP contribution in [0.5, 0.6) is 0 Å². The molecule has 0 aliphatic carbocycles. The Balaban J connectivity index is 1.31. The van der Waals surface area contributed by atoms with Crippen LogP contribution in [0, 0.1) is 6.92 Å². The molecule has 0 bridgehead atoms. The highest BCUT2D eigenvalue weighted by atomic mass is 35.5. The number of nitrogens with zero attached hydrogens (tertiary/aromatic N) is 4. The maximum atomic E-state index is 13.0. The van der Waals surface area contributed by atoms with Crippen LogP contribution in [0.2, 0.25) is 5.02 Å². The van der Waals surface area contributed by atoms with E-state index in [1.54, 1.807) is 0 Å². The van der Waals surface area contributed by atoms with Crippen LogP contribution >= 0.6 is 23.4 Å². The lowest BCUT2D eigenvalue weighted by atomic mass is 10.0. The topological polar surface area (TPSA) is 84.2 Å². The van der Waals surface area contributed by atoms with Crippen molar-refractivity contribution >= 4 is 51.4 Å². The molecule has 0 fully saturated rings. The van der Waals surface area contributed by atoms with Gasteiger partial charge in [0.2, 0.25) is 0 Å². The molecule has 0 saturated carbocycles. The molecule has 2 N–H and O–H groups in total. The molecule has 202 valence electrons. The van der Waals surface area contributed by atoms with Gasteiger partial charge in [-0.05, 0) is 79.1 Å². The summed E-state index contributed by atoms with van der Waals surface area (Å²) in [7, 11) is 0. The number of carbonyl (C=O) groups excluding carboxylic acids is 1. The van der Waals surface area contributed by atoms with E-state index in [0.717, 1.165) is 44.8 Å². The number of aromatic nitrogens is 3. The van der Waals surface area contributed by atoms with Gasteiger partial charge in [0, 0.05) is 16.4 Å². The molecule has 5 rings (SSSR count). The number of benzene rings is 4. The molecule has 40 heavy (non-hydrogen) atoms. The van der Waals surface area contributed by atoms with Gasteiger partial charge >= 0.3 is 0 Å². The van der Waals surface area contributed by atoms with Crippen molar-refractivity contribution in [3.8, 4) is 5.69 Å². The molecule has 0 unspecified atom stereocenters. The molecule has 4 aromatic carbocycles. The zero-order chi connectivity index (χ0) is 28.1. The minimum Gasteiger partial charge on any atom is -0.378 e. The van der Waals surface area contributed by atoms with E-state index in [9.17, 15) is 4.79 Å². The summed E-state index contributed by atoms with van der Waals surface area (Å²) >= 11 is 7.44. The van der Waals surface area contributed by atoms with Crippen LogP contribution in [0.25, 0.3) is 16.5 Å². The summed E-state index contributed by atoms with van der Waals surface area (Å²) in [6, 6.07) is 29.9. The molecule has 9 heteroatoms. The lowest BCUT2D eigenvalue weighted by Crippen LogP contribution is -2.28. The maximum absolute atomic E-state index is 13.0. The summed E-state index contributed by atoms with van der Waals surface area (Å²) in [5.74, 6) is 0.505. The number of fused-ring (bicyclic) bond motifs is 1. The fraction of sp³-hybridized carbons (Fsp3) is 0.161. The number of para-hydroxylation sites is 1. The van der Waals surface area contributed by atoms with E-state index in [4.69, 9.17) is 11.6 Å². The average molecular weight is 569 g/mol. The zero-order valence-corrected chi connectivity index (χ0v) is 24.0. The number of thioether (sulfide) groups is 1. The number of carbonyl (C=O) groups is 1. The summed E-state index contributed by atoms with van der Waals surface area (Å²) in [4.78, 5) is 13.0. The minimum absolute atomic E-state index is 0.218. The van der Waals surface area contributed by atoms with E-state index >= 15 is 0 Å². The zero-order valence-electron chi connectivity index (χ0n) is 22.4.